The predicted octanol–water partition coefficient (Wildman–Crippen LogP) is 0.171. The lowest BCUT2D eigenvalue weighted by Gasteiger charge is -2.40. The van der Waals surface area contributed by atoms with Crippen LogP contribution in [0, 0.1) is 12.7 Å². The van der Waals surface area contributed by atoms with Crippen LogP contribution in [0.15, 0.2) is 95.8 Å². The molecule has 5 aliphatic rings. The van der Waals surface area contributed by atoms with Crippen LogP contribution in [0.1, 0.15) is 102 Å². The van der Waals surface area contributed by atoms with Gasteiger partial charge in [0.25, 0.3) is 11.5 Å². The van der Waals surface area contributed by atoms with Gasteiger partial charge in [-0.2, -0.15) is 0 Å². The van der Waals surface area contributed by atoms with Crippen LogP contribution in [0.2, 0.25) is 0 Å². The molecule has 8 amide bonds. The number of nitrogens with zero attached hydrogens (tertiary/aromatic N) is 2. The van der Waals surface area contributed by atoms with Crippen LogP contribution in [-0.2, 0) is 88.9 Å². The van der Waals surface area contributed by atoms with Crippen molar-refractivity contribution in [2.24, 2.45) is 0 Å². The highest BCUT2D eigenvalue weighted by atomic mass is 19.1. The minimum Gasteiger partial charge on any atom is -0.458 e. The summed E-state index contributed by atoms with van der Waals surface area (Å²) < 4.78 is 55.1. The summed E-state index contributed by atoms with van der Waals surface area (Å²) in [6, 6.07) is 22.7. The number of alkyl carbamates (subject to hydrolysis) is 1. The average Bonchev–Trinajstić information content (AvgIpc) is 1.49. The van der Waals surface area contributed by atoms with E-state index in [1.54, 1.807) is 44.2 Å². The number of aliphatic hydroxyl groups is 5. The monoisotopic (exact) mass is 1410 g/mol. The zero-order valence-corrected chi connectivity index (χ0v) is 55.8. The first-order valence-electron chi connectivity index (χ1n) is 33.3. The Morgan fingerprint density at radius 1 is 0.775 bits per heavy atom. The van der Waals surface area contributed by atoms with Gasteiger partial charge >= 0.3 is 12.1 Å². The summed E-state index contributed by atoms with van der Waals surface area (Å²) in [5, 5.41) is 72.1. The Labute approximate surface area is 581 Å². The third-order valence-electron chi connectivity index (χ3n) is 19.2. The minimum atomic E-state index is -2.72. The van der Waals surface area contributed by atoms with Crippen molar-refractivity contribution in [2.45, 2.75) is 138 Å². The molecule has 13 N–H and O–H groups in total. The number of rotatable bonds is 27. The molecule has 0 bridgehead atoms. The van der Waals surface area contributed by atoms with E-state index in [1.807, 2.05) is 48.5 Å². The predicted molar refractivity (Wildman–Crippen MR) is 356 cm³/mol. The van der Waals surface area contributed by atoms with E-state index in [0.29, 0.717) is 33.2 Å². The minimum absolute atomic E-state index is 0.0567. The molecule has 2 aromatic heterocycles. The van der Waals surface area contributed by atoms with E-state index in [4.69, 9.17) is 23.9 Å². The van der Waals surface area contributed by atoms with Gasteiger partial charge in [-0.05, 0) is 90.1 Å². The smallest absolute Gasteiger partial charge is 0.407 e. The number of hydrogen-bond acceptors (Lipinski definition) is 20. The number of aliphatic hydroxyl groups excluding tert-OH is 4. The number of fused-ring (bicyclic) bond motifs is 8. The number of amides is 8. The van der Waals surface area contributed by atoms with Crippen molar-refractivity contribution in [3.05, 3.63) is 157 Å². The van der Waals surface area contributed by atoms with E-state index in [-0.39, 0.29) is 92.4 Å². The molecular formula is C71H78F2N10O19. The molecule has 6 aromatic rings. The first-order chi connectivity index (χ1) is 48.8. The molecule has 0 spiro atoms. The lowest BCUT2D eigenvalue weighted by atomic mass is 9.81. The van der Waals surface area contributed by atoms with E-state index < -0.39 is 171 Å². The number of nitrogens with one attached hydrogen (secondary N) is 8. The van der Waals surface area contributed by atoms with Crippen LogP contribution in [-0.4, -0.2) is 189 Å². The number of hydrogen-bond donors (Lipinski definition) is 13. The lowest BCUT2D eigenvalue weighted by molar-refractivity contribution is -0.227. The maximum Gasteiger partial charge on any atom is 0.407 e. The second-order valence-corrected chi connectivity index (χ2v) is 25.9. The maximum absolute atomic E-state index is 16.4. The Bertz CT molecular complexity index is 4300. The molecule has 0 saturated carbocycles. The summed E-state index contributed by atoms with van der Waals surface area (Å²) in [5.74, 6) is -7.97. The van der Waals surface area contributed by atoms with Gasteiger partial charge in [-0.3, -0.25) is 38.4 Å². The van der Waals surface area contributed by atoms with Crippen LogP contribution in [0.5, 0.6) is 0 Å². The Morgan fingerprint density at radius 2 is 1.42 bits per heavy atom. The number of pyridine rings is 2. The number of esters is 1. The SMILES string of the molecule is CC[C@@]1(O)C(=O)OCc2c1cc1n(c2=O)Cc2c-1nc1cc(F)c(C)c3c1c2[C@@H](NC(=O)C(C)(F)COCNC(=O)CNC(=O)[C@H](Cc1ccccc1)NC(=O)CNC(=O)CNC(=O)[C@H](CCC(=O)NC[C@@H]1O[C@H](CO)[C@@H](O)[C@H](O)[C@H]1O)NC(=O)OCC1c2ccccc2-c2ccccc21)CC3. The quantitative estimate of drug-likeness (QED) is 0.0185. The molecule has 11 rings (SSSR count). The molecule has 1 unspecified atom stereocenters. The molecule has 3 aliphatic heterocycles. The second kappa shape index (κ2) is 31.0. The summed E-state index contributed by atoms with van der Waals surface area (Å²) >= 11 is 0. The Balaban J connectivity index is 0.659. The van der Waals surface area contributed by atoms with Gasteiger partial charge in [0.2, 0.25) is 41.1 Å². The number of alkyl halides is 1. The van der Waals surface area contributed by atoms with Crippen molar-refractivity contribution >= 4 is 64.3 Å². The fourth-order valence-electron chi connectivity index (χ4n) is 13.6. The summed E-state index contributed by atoms with van der Waals surface area (Å²) in [7, 11) is 0. The molecule has 4 aromatic carbocycles. The standard InChI is InChI=1S/C71H78F2N10O19/c1-4-71(98)45-23-51-60-42(29-83(51)66(94)44(45)32-100-68(71)96)59-47(19-18-37-35(2)46(72)24-49(80-60)58(37)59)81-67(95)70(3,73)33-99-34-78-56(87)27-77-65(93)50(22-36-12-6-5-7-13-36)79-57(88)28-75-55(86)26-76-64(92)48(20-21-54(85)74-25-52-61(89)63(91)62(90)53(30-84)102-52)82-69(97)101-31-43-40-16-10-8-14-38(40)39-15-9-11-17-41(39)43/h5-17,23-24,43,47-48,50,52-53,61-63,84,89-91,98H,4,18-22,25-34H2,1-3H3,(H,74,85)(H,75,86)(H,76,92)(H,77,93)(H,78,87)(H,79,88)(H,81,95)(H,82,97)/t47-,48-,50-,52-,53+,61-,62+,63+,70?,71-/m0/s1. The van der Waals surface area contributed by atoms with Gasteiger partial charge in [0, 0.05) is 47.9 Å². The molecule has 29 nitrogen and oxygen atoms in total. The van der Waals surface area contributed by atoms with E-state index in [9.17, 15) is 73.5 Å². The van der Waals surface area contributed by atoms with Gasteiger partial charge in [0.15, 0.2) is 5.60 Å². The van der Waals surface area contributed by atoms with Gasteiger partial charge in [-0.1, -0.05) is 85.8 Å². The third-order valence-corrected chi connectivity index (χ3v) is 19.2. The molecule has 10 atom stereocenters. The zero-order valence-electron chi connectivity index (χ0n) is 55.8. The van der Waals surface area contributed by atoms with Crippen LogP contribution in [0.4, 0.5) is 13.6 Å². The van der Waals surface area contributed by atoms with Crippen LogP contribution in [0.3, 0.4) is 0 Å². The normalized spacial score (nSPS) is 21.0. The maximum atomic E-state index is 16.4. The Hall–Kier alpha value is -10.2. The number of cyclic esters (lactones) is 1. The van der Waals surface area contributed by atoms with E-state index in [1.165, 1.54) is 16.7 Å². The summed E-state index contributed by atoms with van der Waals surface area (Å²) in [4.78, 5) is 139. The van der Waals surface area contributed by atoms with Crippen molar-refractivity contribution in [2.75, 3.05) is 52.7 Å². The molecule has 5 heterocycles. The number of carbonyl (C=O) groups is 9. The van der Waals surface area contributed by atoms with Crippen molar-refractivity contribution in [1.29, 1.82) is 0 Å². The largest absolute Gasteiger partial charge is 0.458 e. The van der Waals surface area contributed by atoms with Gasteiger partial charge in [0.05, 0.1) is 67.9 Å². The van der Waals surface area contributed by atoms with E-state index in [0.717, 1.165) is 29.2 Å². The summed E-state index contributed by atoms with van der Waals surface area (Å²) in [5.41, 5.74) is 1.78. The topological polar surface area (TPSA) is 423 Å². The zero-order chi connectivity index (χ0) is 72.9. The molecular weight excluding hydrogens is 1330 g/mol. The number of ether oxygens (including phenoxy) is 4. The Kier molecular flexibility index (Phi) is 22.2. The highest BCUT2D eigenvalue weighted by Gasteiger charge is 2.47. The van der Waals surface area contributed by atoms with Crippen LogP contribution in [0.25, 0.3) is 33.4 Å². The number of aromatic nitrogens is 2. The first kappa shape index (κ1) is 73.1. The molecule has 102 heavy (non-hydrogen) atoms. The molecule has 2 aliphatic carbocycles. The van der Waals surface area contributed by atoms with Crippen molar-refractivity contribution in [1.82, 2.24) is 52.1 Å². The van der Waals surface area contributed by atoms with Crippen LogP contribution >= 0.6 is 0 Å². The highest BCUT2D eigenvalue weighted by molar-refractivity contribution is 5.96. The Morgan fingerprint density at radius 3 is 2.11 bits per heavy atom. The summed E-state index contributed by atoms with van der Waals surface area (Å²) in [6.45, 7) is -1.13. The van der Waals surface area contributed by atoms with Crippen LogP contribution < -0.4 is 48.1 Å². The fraction of sp³-hybridized carbons (Fsp3) is 0.423. The second-order valence-electron chi connectivity index (χ2n) is 25.9. The number of benzene rings is 4. The van der Waals surface area contributed by atoms with Gasteiger partial charge in [0.1, 0.15) is 68.4 Å². The van der Waals surface area contributed by atoms with Crippen molar-refractivity contribution < 1.29 is 96.4 Å². The van der Waals surface area contributed by atoms with Gasteiger partial charge < -0.3 is 91.6 Å². The van der Waals surface area contributed by atoms with Gasteiger partial charge in [-0.25, -0.2) is 23.4 Å². The van der Waals surface area contributed by atoms with Crippen molar-refractivity contribution in [3.63, 3.8) is 0 Å². The molecule has 0 radical (unpaired) electrons. The molecule has 1 saturated heterocycles. The lowest BCUT2D eigenvalue weighted by Crippen LogP contribution is -2.60. The number of aryl methyl sites for hydroxylation is 1. The van der Waals surface area contributed by atoms with E-state index in [2.05, 4.69) is 42.5 Å². The average molecular weight is 1410 g/mol. The fourth-order valence-corrected chi connectivity index (χ4v) is 13.6. The summed E-state index contributed by atoms with van der Waals surface area (Å²) in [6.07, 6.45) is -9.01. The van der Waals surface area contributed by atoms with Gasteiger partial charge in [-0.15, -0.1) is 0 Å². The third kappa shape index (κ3) is 15.4. The van der Waals surface area contributed by atoms with E-state index >= 15 is 8.78 Å². The first-order valence-corrected chi connectivity index (χ1v) is 33.3. The molecule has 1 fully saturated rings. The number of carbonyl (C=O) groups excluding carboxylic acids is 9. The highest BCUT2D eigenvalue weighted by Crippen LogP contribution is 2.47. The molecule has 540 valence electrons. The van der Waals surface area contributed by atoms with Crippen molar-refractivity contribution in [3.8, 4) is 22.5 Å². The number of halogens is 2. The molecule has 31 heteroatoms.